The van der Waals surface area contributed by atoms with Crippen molar-refractivity contribution in [2.75, 3.05) is 19.4 Å². The summed E-state index contributed by atoms with van der Waals surface area (Å²) >= 11 is 0. The lowest BCUT2D eigenvalue weighted by molar-refractivity contribution is 0.388. The second kappa shape index (κ2) is 4.50. The molecule has 3 rings (SSSR count). The van der Waals surface area contributed by atoms with Crippen LogP contribution in [-0.2, 0) is 19.6 Å². The third-order valence-corrected chi connectivity index (χ3v) is 3.45. The van der Waals surface area contributed by atoms with E-state index in [0.29, 0.717) is 0 Å². The van der Waals surface area contributed by atoms with E-state index in [9.17, 15) is 0 Å². The minimum absolute atomic E-state index is 0.907. The molecule has 1 aromatic heterocycles. The molecule has 0 unspecified atom stereocenters. The lowest BCUT2D eigenvalue weighted by Crippen LogP contribution is -2.15. The summed E-state index contributed by atoms with van der Waals surface area (Å²) in [5.41, 5.74) is 5.38. The Bertz CT molecular complexity index is 555. The minimum atomic E-state index is 0.907. The van der Waals surface area contributed by atoms with Crippen molar-refractivity contribution in [1.29, 1.82) is 0 Å². The van der Waals surface area contributed by atoms with Crippen molar-refractivity contribution in [1.82, 2.24) is 9.47 Å². The zero-order valence-corrected chi connectivity index (χ0v) is 11.0. The lowest BCUT2D eigenvalue weighted by atomic mass is 10.2. The van der Waals surface area contributed by atoms with Crippen LogP contribution in [0.15, 0.2) is 36.4 Å². The number of para-hydroxylation sites is 1. The van der Waals surface area contributed by atoms with Crippen molar-refractivity contribution < 1.29 is 0 Å². The van der Waals surface area contributed by atoms with Gasteiger partial charge in [-0.15, -0.1) is 0 Å². The number of benzene rings is 1. The van der Waals surface area contributed by atoms with Crippen LogP contribution in [0, 0.1) is 0 Å². The summed E-state index contributed by atoms with van der Waals surface area (Å²) in [5.74, 6) is 0. The molecule has 0 amide bonds. The number of hydrogen-bond acceptors (Lipinski definition) is 2. The van der Waals surface area contributed by atoms with Gasteiger partial charge in [-0.2, -0.15) is 0 Å². The molecule has 0 radical (unpaired) electrons. The smallest absolute Gasteiger partial charge is 0.0553 e. The van der Waals surface area contributed by atoms with Gasteiger partial charge in [-0.1, -0.05) is 18.2 Å². The molecule has 94 valence electrons. The van der Waals surface area contributed by atoms with E-state index in [1.54, 1.807) is 0 Å². The zero-order valence-electron chi connectivity index (χ0n) is 11.0. The molecule has 0 atom stereocenters. The number of fused-ring (bicyclic) bond motifs is 2. The van der Waals surface area contributed by atoms with Crippen LogP contribution in [0.4, 0.5) is 5.69 Å². The topological polar surface area (TPSA) is 20.2 Å². The van der Waals surface area contributed by atoms with Gasteiger partial charge in [0.05, 0.1) is 6.54 Å². The number of rotatable bonds is 2. The average molecular weight is 241 g/mol. The number of hydrogen-bond donors (Lipinski definition) is 1. The molecule has 0 spiro atoms. The maximum Gasteiger partial charge on any atom is 0.0553 e. The maximum absolute atomic E-state index is 3.51. The molecule has 3 heteroatoms. The molecule has 1 aromatic carbocycles. The van der Waals surface area contributed by atoms with Gasteiger partial charge < -0.3 is 14.8 Å². The van der Waals surface area contributed by atoms with Crippen molar-refractivity contribution in [2.24, 2.45) is 0 Å². The van der Waals surface area contributed by atoms with E-state index in [4.69, 9.17) is 0 Å². The lowest BCUT2D eigenvalue weighted by Gasteiger charge is -2.14. The van der Waals surface area contributed by atoms with Gasteiger partial charge in [0.2, 0.25) is 0 Å². The summed E-state index contributed by atoms with van der Waals surface area (Å²) in [6, 6.07) is 13.0. The highest BCUT2D eigenvalue weighted by Crippen LogP contribution is 2.24. The zero-order chi connectivity index (χ0) is 12.5. The predicted molar refractivity (Wildman–Crippen MR) is 74.7 cm³/mol. The Kier molecular flexibility index (Phi) is 2.84. The van der Waals surface area contributed by atoms with Gasteiger partial charge in [-0.25, -0.2) is 0 Å². The fraction of sp³-hybridized carbons (Fsp3) is 0.333. The van der Waals surface area contributed by atoms with E-state index in [1.165, 1.54) is 22.6 Å². The highest BCUT2D eigenvalue weighted by molar-refractivity contribution is 5.52. The molecule has 1 aliphatic heterocycles. The van der Waals surface area contributed by atoms with Crippen LogP contribution in [0.25, 0.3) is 0 Å². The number of anilines is 1. The molecule has 0 fully saturated rings. The summed E-state index contributed by atoms with van der Waals surface area (Å²) in [4.78, 5) is 2.22. The van der Waals surface area contributed by atoms with Crippen molar-refractivity contribution >= 4 is 5.69 Å². The third kappa shape index (κ3) is 2.02. The minimum Gasteiger partial charge on any atom is -0.379 e. The molecule has 0 saturated carbocycles. The first kappa shape index (κ1) is 11.4. The first-order valence-electron chi connectivity index (χ1n) is 6.38. The van der Waals surface area contributed by atoms with Gasteiger partial charge in [-0.05, 0) is 37.9 Å². The first-order valence-corrected chi connectivity index (χ1v) is 6.38. The average Bonchev–Trinajstić information content (AvgIpc) is 2.60. The Labute approximate surface area is 108 Å². The summed E-state index contributed by atoms with van der Waals surface area (Å²) in [5, 5.41) is 3.51. The quantitative estimate of drug-likeness (QED) is 0.872. The number of aromatic nitrogens is 1. The molecular formula is C15H19N3. The molecule has 3 nitrogen and oxygen atoms in total. The van der Waals surface area contributed by atoms with Crippen LogP contribution >= 0.6 is 0 Å². The number of nitrogens with one attached hydrogen (secondary N) is 1. The Balaban J connectivity index is 1.98. The Morgan fingerprint density at radius 1 is 1.17 bits per heavy atom. The maximum atomic E-state index is 3.51. The summed E-state index contributed by atoms with van der Waals surface area (Å²) in [6.45, 7) is 2.86. The van der Waals surface area contributed by atoms with Crippen LogP contribution in [0.1, 0.15) is 17.0 Å². The normalized spacial score (nSPS) is 13.7. The second-order valence-corrected chi connectivity index (χ2v) is 5.15. The number of nitrogens with zero attached hydrogens (tertiary/aromatic N) is 2. The van der Waals surface area contributed by atoms with Crippen molar-refractivity contribution in [2.45, 2.75) is 19.6 Å². The van der Waals surface area contributed by atoms with Crippen molar-refractivity contribution in [3.8, 4) is 0 Å². The molecule has 0 aliphatic carbocycles. The van der Waals surface area contributed by atoms with Gasteiger partial charge >= 0.3 is 0 Å². The van der Waals surface area contributed by atoms with Gasteiger partial charge in [-0.3, -0.25) is 0 Å². The fourth-order valence-electron chi connectivity index (χ4n) is 2.56. The largest absolute Gasteiger partial charge is 0.379 e. The predicted octanol–water partition coefficient (Wildman–Crippen LogP) is 2.52. The van der Waals surface area contributed by atoms with Gasteiger partial charge in [0.25, 0.3) is 0 Å². The van der Waals surface area contributed by atoms with Gasteiger partial charge in [0.1, 0.15) is 0 Å². The van der Waals surface area contributed by atoms with Crippen LogP contribution in [0.5, 0.6) is 0 Å². The molecular weight excluding hydrogens is 222 g/mol. The Hall–Kier alpha value is -1.74. The second-order valence-electron chi connectivity index (χ2n) is 5.15. The van der Waals surface area contributed by atoms with Gasteiger partial charge in [0, 0.05) is 30.2 Å². The first-order chi connectivity index (χ1) is 8.74. The third-order valence-electron chi connectivity index (χ3n) is 3.45. The SMILES string of the molecule is CN(C)Cc1ccc2n1Cc1ccccc1NC2. The van der Waals surface area contributed by atoms with E-state index in [0.717, 1.165) is 19.6 Å². The monoisotopic (exact) mass is 241 g/mol. The van der Waals surface area contributed by atoms with Crippen LogP contribution in [0.2, 0.25) is 0 Å². The molecule has 0 bridgehead atoms. The van der Waals surface area contributed by atoms with Crippen LogP contribution in [0.3, 0.4) is 0 Å². The Morgan fingerprint density at radius 3 is 2.83 bits per heavy atom. The van der Waals surface area contributed by atoms with Crippen LogP contribution in [-0.4, -0.2) is 23.6 Å². The van der Waals surface area contributed by atoms with E-state index < -0.39 is 0 Å². The van der Waals surface area contributed by atoms with E-state index in [2.05, 4.69) is 65.3 Å². The van der Waals surface area contributed by atoms with E-state index in [1.807, 2.05) is 0 Å². The molecule has 2 aromatic rings. The van der Waals surface area contributed by atoms with Crippen molar-refractivity contribution in [3.63, 3.8) is 0 Å². The Morgan fingerprint density at radius 2 is 2.00 bits per heavy atom. The van der Waals surface area contributed by atoms with Gasteiger partial charge in [0.15, 0.2) is 0 Å². The molecule has 1 N–H and O–H groups in total. The van der Waals surface area contributed by atoms with E-state index >= 15 is 0 Å². The van der Waals surface area contributed by atoms with Crippen molar-refractivity contribution in [3.05, 3.63) is 53.3 Å². The summed E-state index contributed by atoms with van der Waals surface area (Å²) in [6.07, 6.45) is 0. The molecule has 18 heavy (non-hydrogen) atoms. The molecule has 1 aliphatic rings. The summed E-state index contributed by atoms with van der Waals surface area (Å²) in [7, 11) is 4.23. The molecule has 0 saturated heterocycles. The fourth-order valence-corrected chi connectivity index (χ4v) is 2.56. The summed E-state index contributed by atoms with van der Waals surface area (Å²) < 4.78 is 2.43. The molecule has 2 heterocycles. The highest BCUT2D eigenvalue weighted by Gasteiger charge is 2.14. The van der Waals surface area contributed by atoms with E-state index in [-0.39, 0.29) is 0 Å². The highest BCUT2D eigenvalue weighted by atomic mass is 15.1. The standard InChI is InChI=1S/C15H19N3/c1-17(2)11-14-8-7-13-9-16-15-6-4-3-5-12(15)10-18(13)14/h3-8,16H,9-11H2,1-2H3. The van der Waals surface area contributed by atoms with Crippen LogP contribution < -0.4 is 5.32 Å².